The molecule has 1 aliphatic heterocycles. The first kappa shape index (κ1) is 19.0. The van der Waals surface area contributed by atoms with Gasteiger partial charge in [0.1, 0.15) is 18.1 Å². The number of nitrogens with zero attached hydrogens (tertiary/aromatic N) is 2. The van der Waals surface area contributed by atoms with Crippen LogP contribution in [0.2, 0.25) is 0 Å². The molecule has 1 N–H and O–H groups in total. The predicted octanol–water partition coefficient (Wildman–Crippen LogP) is 1.09. The lowest BCUT2D eigenvalue weighted by atomic mass is 10.2. The SMILES string of the molecule is CCN1CCN(C[C@H](O)COCCOc2cccc(OC)c2)CC1. The summed E-state index contributed by atoms with van der Waals surface area (Å²) in [6.07, 6.45) is -0.449. The van der Waals surface area contributed by atoms with Crippen molar-refractivity contribution in [3.05, 3.63) is 24.3 Å². The smallest absolute Gasteiger partial charge is 0.123 e. The van der Waals surface area contributed by atoms with E-state index in [1.807, 2.05) is 24.3 Å². The van der Waals surface area contributed by atoms with E-state index in [0.717, 1.165) is 44.2 Å². The van der Waals surface area contributed by atoms with Crippen LogP contribution < -0.4 is 9.47 Å². The summed E-state index contributed by atoms with van der Waals surface area (Å²) in [5.74, 6) is 1.53. The maximum absolute atomic E-state index is 10.1. The van der Waals surface area contributed by atoms with Crippen LogP contribution in [0.4, 0.5) is 0 Å². The number of aliphatic hydroxyl groups excluding tert-OH is 1. The van der Waals surface area contributed by atoms with Crippen molar-refractivity contribution in [1.29, 1.82) is 0 Å². The number of piperazine rings is 1. The Morgan fingerprint density at radius 2 is 1.79 bits per heavy atom. The Kier molecular flexibility index (Phi) is 8.32. The van der Waals surface area contributed by atoms with Gasteiger partial charge in [-0.05, 0) is 18.7 Å². The zero-order valence-corrected chi connectivity index (χ0v) is 14.8. The lowest BCUT2D eigenvalue weighted by Crippen LogP contribution is -2.48. The lowest BCUT2D eigenvalue weighted by Gasteiger charge is -2.34. The normalized spacial score (nSPS) is 17.6. The van der Waals surface area contributed by atoms with E-state index in [9.17, 15) is 5.11 Å². The molecule has 24 heavy (non-hydrogen) atoms. The van der Waals surface area contributed by atoms with Gasteiger partial charge in [0.05, 0.1) is 26.4 Å². The van der Waals surface area contributed by atoms with Crippen molar-refractivity contribution in [1.82, 2.24) is 9.80 Å². The van der Waals surface area contributed by atoms with Gasteiger partial charge in [-0.3, -0.25) is 4.90 Å². The van der Waals surface area contributed by atoms with E-state index in [1.165, 1.54) is 0 Å². The number of β-amino-alcohol motifs (C(OH)–C–C–N with tert-alkyl or cyclic N) is 1. The number of benzene rings is 1. The standard InChI is InChI=1S/C18H30N2O4/c1-3-19-7-9-20(10-8-19)14-16(21)15-23-11-12-24-18-6-4-5-17(13-18)22-2/h4-6,13,16,21H,3,7-12,14-15H2,1-2H3/t16-/m0/s1. The largest absolute Gasteiger partial charge is 0.497 e. The molecule has 136 valence electrons. The second-order valence-electron chi connectivity index (χ2n) is 5.99. The van der Waals surface area contributed by atoms with Gasteiger partial charge in [0.2, 0.25) is 0 Å². The van der Waals surface area contributed by atoms with Crippen molar-refractivity contribution in [2.24, 2.45) is 0 Å². The second-order valence-corrected chi connectivity index (χ2v) is 5.99. The van der Waals surface area contributed by atoms with Crippen molar-refractivity contribution in [3.63, 3.8) is 0 Å². The van der Waals surface area contributed by atoms with Gasteiger partial charge in [0.15, 0.2) is 0 Å². The van der Waals surface area contributed by atoms with E-state index in [2.05, 4.69) is 16.7 Å². The van der Waals surface area contributed by atoms with E-state index >= 15 is 0 Å². The Labute approximate surface area is 144 Å². The van der Waals surface area contributed by atoms with E-state index < -0.39 is 6.10 Å². The molecule has 0 aliphatic carbocycles. The molecule has 0 bridgehead atoms. The molecule has 0 spiro atoms. The van der Waals surface area contributed by atoms with Crippen LogP contribution in [0.15, 0.2) is 24.3 Å². The maximum Gasteiger partial charge on any atom is 0.123 e. The first-order valence-electron chi connectivity index (χ1n) is 8.68. The summed E-state index contributed by atoms with van der Waals surface area (Å²) in [4.78, 5) is 4.72. The Morgan fingerprint density at radius 1 is 1.08 bits per heavy atom. The van der Waals surface area contributed by atoms with E-state index in [4.69, 9.17) is 14.2 Å². The molecular weight excluding hydrogens is 308 g/mol. The monoisotopic (exact) mass is 338 g/mol. The number of ether oxygens (including phenoxy) is 3. The van der Waals surface area contributed by atoms with Gasteiger partial charge in [-0.25, -0.2) is 0 Å². The van der Waals surface area contributed by atoms with Crippen LogP contribution in [-0.4, -0.2) is 87.2 Å². The number of aliphatic hydroxyl groups is 1. The van der Waals surface area contributed by atoms with Gasteiger partial charge in [0.25, 0.3) is 0 Å². The molecule has 0 saturated carbocycles. The second kappa shape index (κ2) is 10.5. The van der Waals surface area contributed by atoms with E-state index in [0.29, 0.717) is 26.4 Å². The Hall–Kier alpha value is -1.34. The molecule has 1 aliphatic rings. The van der Waals surface area contributed by atoms with Crippen LogP contribution in [0.3, 0.4) is 0 Å². The minimum atomic E-state index is -0.449. The summed E-state index contributed by atoms with van der Waals surface area (Å²) in [6, 6.07) is 7.48. The van der Waals surface area contributed by atoms with Crippen LogP contribution in [0.5, 0.6) is 11.5 Å². The zero-order chi connectivity index (χ0) is 17.2. The Balaban J connectivity index is 1.54. The minimum Gasteiger partial charge on any atom is -0.497 e. The highest BCUT2D eigenvalue weighted by Crippen LogP contribution is 2.18. The Bertz CT molecular complexity index is 464. The van der Waals surface area contributed by atoms with Gasteiger partial charge in [0, 0.05) is 38.8 Å². The topological polar surface area (TPSA) is 54.4 Å². The average molecular weight is 338 g/mol. The molecule has 0 amide bonds. The van der Waals surface area contributed by atoms with Gasteiger partial charge in [-0.2, -0.15) is 0 Å². The highest BCUT2D eigenvalue weighted by Gasteiger charge is 2.18. The van der Waals surface area contributed by atoms with Crippen molar-refractivity contribution in [2.45, 2.75) is 13.0 Å². The quantitative estimate of drug-likeness (QED) is 0.645. The fourth-order valence-corrected chi connectivity index (χ4v) is 2.77. The van der Waals surface area contributed by atoms with Crippen LogP contribution in [-0.2, 0) is 4.74 Å². The first-order chi connectivity index (χ1) is 11.7. The summed E-state index contributed by atoms with van der Waals surface area (Å²) in [6.45, 7) is 9.42. The fraction of sp³-hybridized carbons (Fsp3) is 0.667. The molecule has 1 heterocycles. The lowest BCUT2D eigenvalue weighted by molar-refractivity contribution is 0.000381. The average Bonchev–Trinajstić information content (AvgIpc) is 2.62. The van der Waals surface area contributed by atoms with E-state index in [-0.39, 0.29) is 0 Å². The van der Waals surface area contributed by atoms with Crippen LogP contribution in [0.25, 0.3) is 0 Å². The first-order valence-corrected chi connectivity index (χ1v) is 8.68. The predicted molar refractivity (Wildman–Crippen MR) is 93.9 cm³/mol. The van der Waals surface area contributed by atoms with Crippen molar-refractivity contribution in [3.8, 4) is 11.5 Å². The summed E-state index contributed by atoms with van der Waals surface area (Å²) < 4.78 is 16.3. The van der Waals surface area contributed by atoms with Gasteiger partial charge in [-0.1, -0.05) is 13.0 Å². The summed E-state index contributed by atoms with van der Waals surface area (Å²) >= 11 is 0. The van der Waals surface area contributed by atoms with Crippen molar-refractivity contribution < 1.29 is 19.3 Å². The van der Waals surface area contributed by atoms with Crippen LogP contribution in [0, 0.1) is 0 Å². The molecule has 0 radical (unpaired) electrons. The molecule has 6 nitrogen and oxygen atoms in total. The highest BCUT2D eigenvalue weighted by molar-refractivity contribution is 5.32. The minimum absolute atomic E-state index is 0.343. The maximum atomic E-state index is 10.1. The van der Waals surface area contributed by atoms with Crippen molar-refractivity contribution >= 4 is 0 Å². The third-order valence-electron chi connectivity index (χ3n) is 4.23. The zero-order valence-electron chi connectivity index (χ0n) is 14.8. The van der Waals surface area contributed by atoms with Gasteiger partial charge >= 0.3 is 0 Å². The molecule has 1 aromatic rings. The summed E-state index contributed by atoms with van der Waals surface area (Å²) in [5.41, 5.74) is 0. The molecule has 1 aromatic carbocycles. The fourth-order valence-electron chi connectivity index (χ4n) is 2.77. The molecule has 0 aromatic heterocycles. The number of rotatable bonds is 10. The van der Waals surface area contributed by atoms with Gasteiger partial charge in [-0.15, -0.1) is 0 Å². The summed E-state index contributed by atoms with van der Waals surface area (Å²) in [7, 11) is 1.63. The van der Waals surface area contributed by atoms with Crippen LogP contribution in [0.1, 0.15) is 6.92 Å². The Morgan fingerprint density at radius 3 is 2.50 bits per heavy atom. The number of methoxy groups -OCH3 is 1. The van der Waals surface area contributed by atoms with Crippen molar-refractivity contribution in [2.75, 3.05) is 66.2 Å². The number of hydrogen-bond donors (Lipinski definition) is 1. The number of hydrogen-bond acceptors (Lipinski definition) is 6. The van der Waals surface area contributed by atoms with Crippen LogP contribution >= 0.6 is 0 Å². The molecule has 1 saturated heterocycles. The van der Waals surface area contributed by atoms with E-state index in [1.54, 1.807) is 7.11 Å². The molecule has 1 fully saturated rings. The molecule has 2 rings (SSSR count). The summed E-state index contributed by atoms with van der Waals surface area (Å²) in [5, 5.41) is 10.1. The third kappa shape index (κ3) is 6.65. The molecular formula is C18H30N2O4. The highest BCUT2D eigenvalue weighted by atomic mass is 16.5. The van der Waals surface area contributed by atoms with Gasteiger partial charge < -0.3 is 24.2 Å². The number of likely N-dealkylation sites (N-methyl/N-ethyl adjacent to an activating group) is 1. The molecule has 0 unspecified atom stereocenters. The molecule has 1 atom stereocenters. The third-order valence-corrected chi connectivity index (χ3v) is 4.23. The molecule has 6 heteroatoms.